The number of ketones is 1. The van der Waals surface area contributed by atoms with Gasteiger partial charge in [0.1, 0.15) is 5.60 Å². The summed E-state index contributed by atoms with van der Waals surface area (Å²) in [5.74, 6) is 0.179. The summed E-state index contributed by atoms with van der Waals surface area (Å²) in [7, 11) is 0. The van der Waals surface area contributed by atoms with Gasteiger partial charge in [0.25, 0.3) is 0 Å². The zero-order valence-corrected chi connectivity index (χ0v) is 12.6. The number of nitrogens with zero attached hydrogens (tertiary/aromatic N) is 1. The Morgan fingerprint density at radius 3 is 2.68 bits per heavy atom. The van der Waals surface area contributed by atoms with E-state index >= 15 is 0 Å². The highest BCUT2D eigenvalue weighted by atomic mass is 32.2. The van der Waals surface area contributed by atoms with Gasteiger partial charge in [-0.3, -0.25) is 4.79 Å². The first-order chi connectivity index (χ1) is 9.09. The predicted molar refractivity (Wildman–Crippen MR) is 80.1 cm³/mol. The lowest BCUT2D eigenvalue weighted by Crippen LogP contribution is -2.54. The molecule has 1 aliphatic heterocycles. The topological polar surface area (TPSA) is 29.5 Å². The van der Waals surface area contributed by atoms with Crippen molar-refractivity contribution in [2.75, 3.05) is 30.9 Å². The molecule has 0 spiro atoms. The quantitative estimate of drug-likeness (QED) is 0.793. The van der Waals surface area contributed by atoms with Crippen LogP contribution in [-0.4, -0.2) is 37.3 Å². The minimum atomic E-state index is -0.662. The summed E-state index contributed by atoms with van der Waals surface area (Å²) in [5, 5.41) is 0. The largest absolute Gasteiger partial charge is 0.366 e. The van der Waals surface area contributed by atoms with E-state index in [-0.39, 0.29) is 5.78 Å². The summed E-state index contributed by atoms with van der Waals surface area (Å²) >= 11 is 1.74. The maximum atomic E-state index is 12.0. The van der Waals surface area contributed by atoms with Crippen molar-refractivity contribution >= 4 is 23.2 Å². The fourth-order valence-electron chi connectivity index (χ4n) is 2.43. The van der Waals surface area contributed by atoms with E-state index in [2.05, 4.69) is 35.4 Å². The number of thioether (sulfide) groups is 1. The third-order valence-electron chi connectivity index (χ3n) is 3.62. The second-order valence-electron chi connectivity index (χ2n) is 4.98. The molecule has 0 amide bonds. The molecule has 1 aliphatic rings. The average Bonchev–Trinajstić information content (AvgIpc) is 2.46. The van der Waals surface area contributed by atoms with Gasteiger partial charge in [0.15, 0.2) is 5.78 Å². The molecule has 1 heterocycles. The standard InChI is InChI=1S/C15H21NO2S/c1-4-14(17)15(2)11-16(9-10-18-15)12-5-7-13(19-3)8-6-12/h5-8H,4,9-11H2,1-3H3. The molecule has 2 rings (SSSR count). The zero-order valence-electron chi connectivity index (χ0n) is 11.8. The Morgan fingerprint density at radius 2 is 2.11 bits per heavy atom. The van der Waals surface area contributed by atoms with Gasteiger partial charge < -0.3 is 9.64 Å². The van der Waals surface area contributed by atoms with Crippen LogP contribution in [0.15, 0.2) is 29.2 Å². The van der Waals surface area contributed by atoms with Gasteiger partial charge in [0, 0.05) is 23.5 Å². The van der Waals surface area contributed by atoms with Crippen molar-refractivity contribution in [2.24, 2.45) is 0 Å². The first kappa shape index (κ1) is 14.4. The monoisotopic (exact) mass is 279 g/mol. The average molecular weight is 279 g/mol. The highest BCUT2D eigenvalue weighted by molar-refractivity contribution is 7.98. The van der Waals surface area contributed by atoms with Crippen LogP contribution in [0.2, 0.25) is 0 Å². The number of Topliss-reactive ketones (excluding diaryl/α,β-unsaturated/α-hetero) is 1. The Balaban J connectivity index is 2.14. The molecular formula is C15H21NO2S. The van der Waals surface area contributed by atoms with Crippen molar-refractivity contribution in [2.45, 2.75) is 30.8 Å². The van der Waals surface area contributed by atoms with Crippen LogP contribution in [0.3, 0.4) is 0 Å². The second kappa shape index (κ2) is 5.97. The van der Waals surface area contributed by atoms with Crippen LogP contribution < -0.4 is 4.90 Å². The zero-order chi connectivity index (χ0) is 13.9. The van der Waals surface area contributed by atoms with Gasteiger partial charge in [-0.15, -0.1) is 11.8 Å². The maximum absolute atomic E-state index is 12.0. The number of carbonyl (C=O) groups excluding carboxylic acids is 1. The molecular weight excluding hydrogens is 258 g/mol. The molecule has 1 saturated heterocycles. The Hall–Kier alpha value is -1.00. The van der Waals surface area contributed by atoms with E-state index < -0.39 is 5.60 Å². The lowest BCUT2D eigenvalue weighted by Gasteiger charge is -2.40. The first-order valence-electron chi connectivity index (χ1n) is 6.65. The van der Waals surface area contributed by atoms with E-state index in [4.69, 9.17) is 4.74 Å². The molecule has 1 aromatic rings. The molecule has 0 saturated carbocycles. The molecule has 4 heteroatoms. The Bertz CT molecular complexity index is 446. The van der Waals surface area contributed by atoms with Gasteiger partial charge >= 0.3 is 0 Å². The molecule has 0 N–H and O–H groups in total. The molecule has 0 radical (unpaired) electrons. The van der Waals surface area contributed by atoms with E-state index in [0.717, 1.165) is 12.2 Å². The van der Waals surface area contributed by atoms with Gasteiger partial charge in [0.2, 0.25) is 0 Å². The number of hydrogen-bond donors (Lipinski definition) is 0. The molecule has 0 bridgehead atoms. The van der Waals surface area contributed by atoms with Crippen LogP contribution >= 0.6 is 11.8 Å². The molecule has 1 fully saturated rings. The minimum Gasteiger partial charge on any atom is -0.366 e. The van der Waals surface area contributed by atoms with Crippen LogP contribution in [-0.2, 0) is 9.53 Å². The van der Waals surface area contributed by atoms with Crippen LogP contribution in [0, 0.1) is 0 Å². The molecule has 0 aliphatic carbocycles. The number of carbonyl (C=O) groups is 1. The highest BCUT2D eigenvalue weighted by Crippen LogP contribution is 2.26. The Labute approximate surface area is 119 Å². The van der Waals surface area contributed by atoms with Gasteiger partial charge in [-0.2, -0.15) is 0 Å². The lowest BCUT2D eigenvalue weighted by atomic mass is 9.96. The molecule has 1 unspecified atom stereocenters. The minimum absolute atomic E-state index is 0.179. The van der Waals surface area contributed by atoms with Crippen molar-refractivity contribution in [1.82, 2.24) is 0 Å². The number of rotatable bonds is 4. The maximum Gasteiger partial charge on any atom is 0.165 e. The summed E-state index contributed by atoms with van der Waals surface area (Å²) < 4.78 is 5.72. The summed E-state index contributed by atoms with van der Waals surface area (Å²) in [6.45, 7) is 5.88. The van der Waals surface area contributed by atoms with Gasteiger partial charge in [-0.05, 0) is 37.4 Å². The third kappa shape index (κ3) is 3.12. The number of benzene rings is 1. The van der Waals surface area contributed by atoms with Crippen molar-refractivity contribution in [3.63, 3.8) is 0 Å². The van der Waals surface area contributed by atoms with E-state index in [9.17, 15) is 4.79 Å². The smallest absolute Gasteiger partial charge is 0.165 e. The van der Waals surface area contributed by atoms with Gasteiger partial charge in [-0.25, -0.2) is 0 Å². The van der Waals surface area contributed by atoms with Crippen LogP contribution in [0.25, 0.3) is 0 Å². The Morgan fingerprint density at radius 1 is 1.42 bits per heavy atom. The number of hydrogen-bond acceptors (Lipinski definition) is 4. The fraction of sp³-hybridized carbons (Fsp3) is 0.533. The van der Waals surface area contributed by atoms with Gasteiger partial charge in [0.05, 0.1) is 13.2 Å². The van der Waals surface area contributed by atoms with E-state index in [1.807, 2.05) is 13.8 Å². The van der Waals surface area contributed by atoms with Crippen LogP contribution in [0.5, 0.6) is 0 Å². The second-order valence-corrected chi connectivity index (χ2v) is 5.86. The van der Waals surface area contributed by atoms with Crippen LogP contribution in [0.1, 0.15) is 20.3 Å². The summed E-state index contributed by atoms with van der Waals surface area (Å²) in [6.07, 6.45) is 2.59. The lowest BCUT2D eigenvalue weighted by molar-refractivity contribution is -0.143. The fourth-order valence-corrected chi connectivity index (χ4v) is 2.83. The summed E-state index contributed by atoms with van der Waals surface area (Å²) in [6, 6.07) is 8.48. The molecule has 3 nitrogen and oxygen atoms in total. The van der Waals surface area contributed by atoms with Crippen molar-refractivity contribution in [1.29, 1.82) is 0 Å². The molecule has 1 aromatic carbocycles. The molecule has 0 aromatic heterocycles. The molecule has 19 heavy (non-hydrogen) atoms. The van der Waals surface area contributed by atoms with Crippen molar-refractivity contribution < 1.29 is 9.53 Å². The van der Waals surface area contributed by atoms with E-state index in [0.29, 0.717) is 19.6 Å². The first-order valence-corrected chi connectivity index (χ1v) is 7.88. The Kier molecular flexibility index (Phi) is 4.53. The predicted octanol–water partition coefficient (Wildman–Crippen LogP) is 2.98. The van der Waals surface area contributed by atoms with Crippen molar-refractivity contribution in [3.05, 3.63) is 24.3 Å². The van der Waals surface area contributed by atoms with Crippen LogP contribution in [0.4, 0.5) is 5.69 Å². The molecule has 104 valence electrons. The van der Waals surface area contributed by atoms with E-state index in [1.165, 1.54) is 4.90 Å². The normalized spacial score (nSPS) is 23.4. The van der Waals surface area contributed by atoms with E-state index in [1.54, 1.807) is 11.8 Å². The SMILES string of the molecule is CCC(=O)C1(C)CN(c2ccc(SC)cc2)CCO1. The third-order valence-corrected chi connectivity index (χ3v) is 4.37. The summed E-state index contributed by atoms with van der Waals surface area (Å²) in [5.41, 5.74) is 0.502. The number of ether oxygens (including phenoxy) is 1. The summed E-state index contributed by atoms with van der Waals surface area (Å²) in [4.78, 5) is 15.5. The number of anilines is 1. The number of morpholine rings is 1. The molecule has 1 atom stereocenters. The highest BCUT2D eigenvalue weighted by Gasteiger charge is 2.37. The van der Waals surface area contributed by atoms with Crippen molar-refractivity contribution in [3.8, 4) is 0 Å². The van der Waals surface area contributed by atoms with Gasteiger partial charge in [-0.1, -0.05) is 6.92 Å².